The van der Waals surface area contributed by atoms with Crippen LogP contribution in [0.4, 0.5) is 0 Å². The molecule has 23 heavy (non-hydrogen) atoms. The standard InChI is InChI=1S/C17H16O6/c1-21-13-8-12-14(15(19)16(13)22-2)11(18)9-17(20,23-12)10-6-4-3-5-7-10/h3-8,19-20H,9H2,1-2H3/t17-/m0/s1. The number of carbonyl (C=O) groups excluding carboxylic acids is 1. The molecular weight excluding hydrogens is 300 g/mol. The number of methoxy groups -OCH3 is 2. The molecule has 1 aliphatic heterocycles. The highest BCUT2D eigenvalue weighted by Gasteiger charge is 2.43. The first kappa shape index (κ1) is 15.2. The van der Waals surface area contributed by atoms with Gasteiger partial charge in [0.2, 0.25) is 11.5 Å². The number of hydrogen-bond acceptors (Lipinski definition) is 6. The Morgan fingerprint density at radius 2 is 1.87 bits per heavy atom. The lowest BCUT2D eigenvalue weighted by molar-refractivity contribution is -0.147. The van der Waals surface area contributed by atoms with E-state index < -0.39 is 11.6 Å². The van der Waals surface area contributed by atoms with Crippen LogP contribution in [0.3, 0.4) is 0 Å². The van der Waals surface area contributed by atoms with Crippen LogP contribution in [0, 0.1) is 0 Å². The van der Waals surface area contributed by atoms with Crippen molar-refractivity contribution in [2.24, 2.45) is 0 Å². The monoisotopic (exact) mass is 316 g/mol. The van der Waals surface area contributed by atoms with E-state index in [4.69, 9.17) is 14.2 Å². The molecule has 2 aromatic carbocycles. The average Bonchev–Trinajstić information content (AvgIpc) is 2.54. The predicted octanol–water partition coefficient (Wildman–Crippen LogP) is 2.22. The van der Waals surface area contributed by atoms with Crippen molar-refractivity contribution < 1.29 is 29.2 Å². The summed E-state index contributed by atoms with van der Waals surface area (Å²) in [6.45, 7) is 0. The summed E-state index contributed by atoms with van der Waals surface area (Å²) in [5, 5.41) is 21.0. The largest absolute Gasteiger partial charge is 0.504 e. The van der Waals surface area contributed by atoms with Crippen molar-refractivity contribution >= 4 is 5.78 Å². The fourth-order valence-electron chi connectivity index (χ4n) is 2.69. The molecule has 1 heterocycles. The van der Waals surface area contributed by atoms with Gasteiger partial charge in [0, 0.05) is 11.6 Å². The number of rotatable bonds is 3. The summed E-state index contributed by atoms with van der Waals surface area (Å²) in [6, 6.07) is 10.0. The van der Waals surface area contributed by atoms with E-state index in [0.717, 1.165) is 0 Å². The van der Waals surface area contributed by atoms with Crippen molar-refractivity contribution in [3.63, 3.8) is 0 Å². The van der Waals surface area contributed by atoms with Crippen LogP contribution in [0.5, 0.6) is 23.0 Å². The number of aliphatic hydroxyl groups is 1. The summed E-state index contributed by atoms with van der Waals surface area (Å²) in [7, 11) is 2.76. The molecule has 0 unspecified atom stereocenters. The number of phenolic OH excluding ortho intramolecular Hbond substituents is 1. The van der Waals surface area contributed by atoms with E-state index in [-0.39, 0.29) is 35.0 Å². The fourth-order valence-corrected chi connectivity index (χ4v) is 2.69. The average molecular weight is 316 g/mol. The first-order valence-corrected chi connectivity index (χ1v) is 6.98. The highest BCUT2D eigenvalue weighted by Crippen LogP contribution is 2.49. The molecule has 2 aromatic rings. The van der Waals surface area contributed by atoms with E-state index in [9.17, 15) is 15.0 Å². The second-order valence-corrected chi connectivity index (χ2v) is 5.19. The SMILES string of the molecule is COc1cc2c(c(O)c1OC)C(=O)C[C@@](O)(c1ccccc1)O2. The molecule has 3 rings (SSSR count). The van der Waals surface area contributed by atoms with Crippen LogP contribution < -0.4 is 14.2 Å². The summed E-state index contributed by atoms with van der Waals surface area (Å²) in [5.74, 6) is -2.31. The lowest BCUT2D eigenvalue weighted by Gasteiger charge is -2.34. The molecule has 0 aromatic heterocycles. The van der Waals surface area contributed by atoms with Gasteiger partial charge in [-0.2, -0.15) is 0 Å². The van der Waals surface area contributed by atoms with Gasteiger partial charge in [-0.3, -0.25) is 4.79 Å². The maximum Gasteiger partial charge on any atom is 0.242 e. The zero-order valence-electron chi connectivity index (χ0n) is 12.7. The number of phenols is 1. The zero-order chi connectivity index (χ0) is 16.6. The first-order valence-electron chi connectivity index (χ1n) is 6.98. The van der Waals surface area contributed by atoms with E-state index in [1.807, 2.05) is 0 Å². The Morgan fingerprint density at radius 1 is 1.17 bits per heavy atom. The minimum atomic E-state index is -1.79. The maximum atomic E-state index is 12.5. The molecule has 6 nitrogen and oxygen atoms in total. The third-order valence-electron chi connectivity index (χ3n) is 3.79. The smallest absolute Gasteiger partial charge is 0.242 e. The molecule has 0 amide bonds. The molecule has 0 radical (unpaired) electrons. The van der Waals surface area contributed by atoms with E-state index in [1.165, 1.54) is 20.3 Å². The van der Waals surface area contributed by atoms with Crippen LogP contribution in [-0.2, 0) is 5.79 Å². The minimum absolute atomic E-state index is 0.0248. The highest BCUT2D eigenvalue weighted by molar-refractivity contribution is 6.04. The van der Waals surface area contributed by atoms with Crippen molar-refractivity contribution in [1.82, 2.24) is 0 Å². The molecule has 0 spiro atoms. The van der Waals surface area contributed by atoms with Crippen LogP contribution in [-0.4, -0.2) is 30.2 Å². The number of aromatic hydroxyl groups is 1. The minimum Gasteiger partial charge on any atom is -0.504 e. The van der Waals surface area contributed by atoms with Gasteiger partial charge in [-0.1, -0.05) is 30.3 Å². The Labute approximate surface area is 132 Å². The van der Waals surface area contributed by atoms with Crippen molar-refractivity contribution in [2.75, 3.05) is 14.2 Å². The molecule has 0 saturated carbocycles. The number of benzene rings is 2. The number of carbonyl (C=O) groups is 1. The maximum absolute atomic E-state index is 12.5. The van der Waals surface area contributed by atoms with Gasteiger partial charge in [0.1, 0.15) is 11.3 Å². The van der Waals surface area contributed by atoms with Gasteiger partial charge in [-0.05, 0) is 0 Å². The quantitative estimate of drug-likeness (QED) is 0.903. The van der Waals surface area contributed by atoms with Crippen LogP contribution in [0.2, 0.25) is 0 Å². The van der Waals surface area contributed by atoms with Gasteiger partial charge in [-0.15, -0.1) is 0 Å². The Hall–Kier alpha value is -2.73. The van der Waals surface area contributed by atoms with Gasteiger partial charge in [0.15, 0.2) is 17.3 Å². The van der Waals surface area contributed by atoms with Crippen LogP contribution in [0.25, 0.3) is 0 Å². The predicted molar refractivity (Wildman–Crippen MR) is 81.1 cm³/mol. The van der Waals surface area contributed by atoms with E-state index >= 15 is 0 Å². The molecule has 0 fully saturated rings. The summed E-state index contributed by atoms with van der Waals surface area (Å²) in [6.07, 6.45) is -0.312. The molecule has 0 saturated heterocycles. The number of hydrogen-bond donors (Lipinski definition) is 2. The van der Waals surface area contributed by atoms with Crippen molar-refractivity contribution in [2.45, 2.75) is 12.2 Å². The molecule has 1 atom stereocenters. The zero-order valence-corrected chi connectivity index (χ0v) is 12.7. The number of ketones is 1. The molecule has 6 heteroatoms. The van der Waals surface area contributed by atoms with Crippen molar-refractivity contribution in [1.29, 1.82) is 0 Å². The second kappa shape index (κ2) is 5.48. The van der Waals surface area contributed by atoms with E-state index in [1.54, 1.807) is 30.3 Å². The second-order valence-electron chi connectivity index (χ2n) is 5.19. The van der Waals surface area contributed by atoms with Gasteiger partial charge >= 0.3 is 0 Å². The van der Waals surface area contributed by atoms with Gasteiger partial charge < -0.3 is 24.4 Å². The molecule has 120 valence electrons. The van der Waals surface area contributed by atoms with E-state index in [2.05, 4.69) is 0 Å². The number of ether oxygens (including phenoxy) is 3. The van der Waals surface area contributed by atoms with E-state index in [0.29, 0.717) is 5.56 Å². The number of Topliss-reactive ketones (excluding diaryl/α,β-unsaturated/α-hetero) is 1. The van der Waals surface area contributed by atoms with Crippen LogP contribution in [0.15, 0.2) is 36.4 Å². The van der Waals surface area contributed by atoms with Crippen LogP contribution in [0.1, 0.15) is 22.3 Å². The molecular formula is C17H16O6. The molecule has 0 aliphatic carbocycles. The fraction of sp³-hybridized carbons (Fsp3) is 0.235. The highest BCUT2D eigenvalue weighted by atomic mass is 16.6. The Balaban J connectivity index is 2.14. The lowest BCUT2D eigenvalue weighted by Crippen LogP contribution is -2.39. The van der Waals surface area contributed by atoms with Gasteiger partial charge in [-0.25, -0.2) is 0 Å². The third-order valence-corrected chi connectivity index (χ3v) is 3.79. The van der Waals surface area contributed by atoms with Gasteiger partial charge in [0.25, 0.3) is 0 Å². The molecule has 0 bridgehead atoms. The van der Waals surface area contributed by atoms with Crippen molar-refractivity contribution in [3.8, 4) is 23.0 Å². The van der Waals surface area contributed by atoms with Crippen molar-refractivity contribution in [3.05, 3.63) is 47.5 Å². The third kappa shape index (κ3) is 2.37. The number of fused-ring (bicyclic) bond motifs is 1. The Bertz CT molecular complexity index is 755. The molecule has 2 N–H and O–H groups in total. The van der Waals surface area contributed by atoms with Crippen LogP contribution >= 0.6 is 0 Å². The lowest BCUT2D eigenvalue weighted by atomic mass is 9.92. The summed E-state index contributed by atoms with van der Waals surface area (Å²) >= 11 is 0. The summed E-state index contributed by atoms with van der Waals surface area (Å²) < 4.78 is 15.8. The topological polar surface area (TPSA) is 85.2 Å². The summed E-state index contributed by atoms with van der Waals surface area (Å²) in [4.78, 5) is 12.5. The molecule has 1 aliphatic rings. The Kier molecular flexibility index (Phi) is 3.61. The first-order chi connectivity index (χ1) is 11.0. The summed E-state index contributed by atoms with van der Waals surface area (Å²) in [5.41, 5.74) is 0.427. The normalized spacial score (nSPS) is 19.7. The van der Waals surface area contributed by atoms with Gasteiger partial charge in [0.05, 0.1) is 20.6 Å². The Morgan fingerprint density at radius 3 is 2.48 bits per heavy atom.